The normalized spacial score (nSPS) is 25.5. The summed E-state index contributed by atoms with van der Waals surface area (Å²) in [6, 6.07) is 0.0155. The molecular formula is C12H24N2O4S. The van der Waals surface area contributed by atoms with Gasteiger partial charge >= 0.3 is 5.97 Å². The number of methoxy groups -OCH3 is 1. The van der Waals surface area contributed by atoms with Crippen molar-refractivity contribution in [1.82, 2.24) is 8.61 Å². The third-order valence-electron chi connectivity index (χ3n) is 3.61. The first kappa shape index (κ1) is 16.4. The molecule has 19 heavy (non-hydrogen) atoms. The van der Waals surface area contributed by atoms with E-state index in [-0.39, 0.29) is 19.0 Å². The average Bonchev–Trinajstić information content (AvgIpc) is 2.37. The van der Waals surface area contributed by atoms with E-state index in [2.05, 4.69) is 11.7 Å². The van der Waals surface area contributed by atoms with Crippen molar-refractivity contribution in [2.75, 3.05) is 27.2 Å². The van der Waals surface area contributed by atoms with Crippen LogP contribution in [0.5, 0.6) is 0 Å². The third kappa shape index (κ3) is 4.15. The molecule has 0 saturated carbocycles. The van der Waals surface area contributed by atoms with Crippen LogP contribution in [0.15, 0.2) is 0 Å². The maximum absolute atomic E-state index is 12.4. The molecule has 0 aliphatic carbocycles. The Hall–Kier alpha value is -0.660. The van der Waals surface area contributed by atoms with E-state index >= 15 is 0 Å². The van der Waals surface area contributed by atoms with Gasteiger partial charge in [0, 0.05) is 26.2 Å². The monoisotopic (exact) mass is 292 g/mol. The van der Waals surface area contributed by atoms with Crippen LogP contribution in [-0.4, -0.2) is 56.3 Å². The van der Waals surface area contributed by atoms with Crippen molar-refractivity contribution in [3.05, 3.63) is 0 Å². The average molecular weight is 292 g/mol. The van der Waals surface area contributed by atoms with Gasteiger partial charge < -0.3 is 4.74 Å². The summed E-state index contributed by atoms with van der Waals surface area (Å²) in [7, 11) is -0.688. The van der Waals surface area contributed by atoms with Gasteiger partial charge in [0.1, 0.15) is 0 Å². The summed E-state index contributed by atoms with van der Waals surface area (Å²) in [5, 5.41) is 0. The largest absolute Gasteiger partial charge is 0.469 e. The van der Waals surface area contributed by atoms with Gasteiger partial charge in [0.15, 0.2) is 0 Å². The Labute approximate surface area is 115 Å². The maximum Gasteiger partial charge on any atom is 0.306 e. The highest BCUT2D eigenvalue weighted by molar-refractivity contribution is 7.86. The molecule has 0 aromatic rings. The summed E-state index contributed by atoms with van der Waals surface area (Å²) in [5.74, 6) is -0.0258. The first-order valence-electron chi connectivity index (χ1n) is 6.59. The number of esters is 1. The Morgan fingerprint density at radius 3 is 2.58 bits per heavy atom. The summed E-state index contributed by atoms with van der Waals surface area (Å²) in [6.45, 7) is 4.68. The molecule has 1 aliphatic rings. The lowest BCUT2D eigenvalue weighted by atomic mass is 9.97. The molecular weight excluding hydrogens is 268 g/mol. The molecule has 0 radical (unpaired) electrons. The Morgan fingerprint density at radius 2 is 2.00 bits per heavy atom. The maximum atomic E-state index is 12.4. The smallest absolute Gasteiger partial charge is 0.306 e. The molecule has 1 saturated heterocycles. The molecule has 1 rings (SSSR count). The first-order valence-corrected chi connectivity index (χ1v) is 7.98. The molecule has 0 aromatic heterocycles. The van der Waals surface area contributed by atoms with Crippen LogP contribution in [0, 0.1) is 5.92 Å². The van der Waals surface area contributed by atoms with E-state index in [4.69, 9.17) is 0 Å². The van der Waals surface area contributed by atoms with Gasteiger partial charge in [0.2, 0.25) is 0 Å². The molecule has 0 aromatic carbocycles. The van der Waals surface area contributed by atoms with E-state index < -0.39 is 16.2 Å². The van der Waals surface area contributed by atoms with Gasteiger partial charge in [-0.15, -0.1) is 0 Å². The lowest BCUT2D eigenvalue weighted by Gasteiger charge is -2.37. The van der Waals surface area contributed by atoms with Crippen molar-refractivity contribution >= 4 is 16.2 Å². The van der Waals surface area contributed by atoms with E-state index in [9.17, 15) is 13.2 Å². The Bertz CT molecular complexity index is 410. The van der Waals surface area contributed by atoms with E-state index in [1.165, 1.54) is 18.5 Å². The molecule has 112 valence electrons. The molecule has 1 aliphatic heterocycles. The highest BCUT2D eigenvalue weighted by Gasteiger charge is 2.34. The quantitative estimate of drug-likeness (QED) is 0.705. The van der Waals surface area contributed by atoms with Gasteiger partial charge in [-0.05, 0) is 25.7 Å². The van der Waals surface area contributed by atoms with E-state index in [1.807, 2.05) is 6.92 Å². The second kappa shape index (κ2) is 6.67. The number of carbonyl (C=O) groups is 1. The van der Waals surface area contributed by atoms with Crippen LogP contribution in [0.2, 0.25) is 0 Å². The van der Waals surface area contributed by atoms with Gasteiger partial charge in [0.05, 0.1) is 13.5 Å². The lowest BCUT2D eigenvalue weighted by Crippen LogP contribution is -2.50. The molecule has 0 spiro atoms. The van der Waals surface area contributed by atoms with Crippen LogP contribution in [0.25, 0.3) is 0 Å². The van der Waals surface area contributed by atoms with Crippen molar-refractivity contribution in [3.63, 3.8) is 0 Å². The zero-order valence-corrected chi connectivity index (χ0v) is 12.9. The highest BCUT2D eigenvalue weighted by atomic mass is 32.2. The van der Waals surface area contributed by atoms with Crippen molar-refractivity contribution in [1.29, 1.82) is 0 Å². The third-order valence-corrected chi connectivity index (χ3v) is 5.68. The van der Waals surface area contributed by atoms with E-state index in [0.717, 1.165) is 12.8 Å². The van der Waals surface area contributed by atoms with Gasteiger partial charge in [-0.25, -0.2) is 0 Å². The number of piperidine rings is 1. The molecule has 2 unspecified atom stereocenters. The summed E-state index contributed by atoms with van der Waals surface area (Å²) >= 11 is 0. The van der Waals surface area contributed by atoms with E-state index in [1.54, 1.807) is 4.31 Å². The Morgan fingerprint density at radius 1 is 1.37 bits per heavy atom. The predicted molar refractivity (Wildman–Crippen MR) is 72.7 cm³/mol. The second-order valence-corrected chi connectivity index (χ2v) is 7.24. The summed E-state index contributed by atoms with van der Waals surface area (Å²) in [5.41, 5.74) is 0. The molecule has 2 atom stereocenters. The van der Waals surface area contributed by atoms with Crippen molar-refractivity contribution < 1.29 is 17.9 Å². The van der Waals surface area contributed by atoms with Crippen LogP contribution in [0.3, 0.4) is 0 Å². The van der Waals surface area contributed by atoms with Gasteiger partial charge in [-0.3, -0.25) is 4.79 Å². The van der Waals surface area contributed by atoms with Crippen molar-refractivity contribution in [2.45, 2.75) is 39.2 Å². The molecule has 0 amide bonds. The van der Waals surface area contributed by atoms with Gasteiger partial charge in [-0.1, -0.05) is 6.92 Å². The highest BCUT2D eigenvalue weighted by Crippen LogP contribution is 2.25. The first-order chi connectivity index (χ1) is 8.78. The molecule has 0 bridgehead atoms. The number of hydrogen-bond donors (Lipinski definition) is 0. The summed E-state index contributed by atoms with van der Waals surface area (Å²) < 4.78 is 32.2. The number of carbonyl (C=O) groups excluding carboxylic acids is 1. The fourth-order valence-electron chi connectivity index (χ4n) is 2.21. The zero-order valence-electron chi connectivity index (χ0n) is 12.1. The molecule has 6 nitrogen and oxygen atoms in total. The number of nitrogens with zero attached hydrogens (tertiary/aromatic N) is 2. The fraction of sp³-hybridized carbons (Fsp3) is 0.917. The van der Waals surface area contributed by atoms with Crippen molar-refractivity contribution in [3.8, 4) is 0 Å². The van der Waals surface area contributed by atoms with Crippen molar-refractivity contribution in [2.24, 2.45) is 5.92 Å². The standard InChI is InChI=1S/C12H24N2O4S/c1-10-5-6-11(2)14(9-10)19(16,17)13(3)8-7-12(15)18-4/h10-11H,5-9H2,1-4H3. The van der Waals surface area contributed by atoms with E-state index in [0.29, 0.717) is 12.5 Å². The zero-order chi connectivity index (χ0) is 14.6. The fourth-order valence-corrected chi connectivity index (χ4v) is 3.90. The molecule has 7 heteroatoms. The predicted octanol–water partition coefficient (Wildman–Crippen LogP) is 0.846. The SMILES string of the molecule is COC(=O)CCN(C)S(=O)(=O)N1CC(C)CCC1C. The van der Waals surface area contributed by atoms with Crippen LogP contribution in [0.1, 0.15) is 33.1 Å². The number of ether oxygens (including phenoxy) is 1. The Balaban J connectivity index is 2.70. The second-order valence-electron chi connectivity index (χ2n) is 5.26. The molecule has 1 heterocycles. The minimum atomic E-state index is -3.49. The van der Waals surface area contributed by atoms with Gasteiger partial charge in [0.25, 0.3) is 10.2 Å². The van der Waals surface area contributed by atoms with Crippen LogP contribution < -0.4 is 0 Å². The lowest BCUT2D eigenvalue weighted by molar-refractivity contribution is -0.140. The van der Waals surface area contributed by atoms with Crippen LogP contribution in [-0.2, 0) is 19.7 Å². The van der Waals surface area contributed by atoms with Crippen LogP contribution in [0.4, 0.5) is 0 Å². The Kier molecular flexibility index (Phi) is 5.76. The number of hydrogen-bond acceptors (Lipinski definition) is 4. The minimum absolute atomic E-state index is 0.0155. The topological polar surface area (TPSA) is 66.9 Å². The van der Waals surface area contributed by atoms with Gasteiger partial charge in [-0.2, -0.15) is 17.0 Å². The molecule has 0 N–H and O–H groups in total. The number of rotatable bonds is 5. The minimum Gasteiger partial charge on any atom is -0.469 e. The summed E-state index contributed by atoms with van der Waals surface area (Å²) in [4.78, 5) is 11.1. The van der Waals surface area contributed by atoms with Crippen LogP contribution >= 0.6 is 0 Å². The molecule has 1 fully saturated rings. The summed E-state index contributed by atoms with van der Waals surface area (Å²) in [6.07, 6.45) is 2.01.